The average Bonchev–Trinajstić information content (AvgIpc) is 2.27. The van der Waals surface area contributed by atoms with Gasteiger partial charge < -0.3 is 10.2 Å². The molecule has 0 bridgehead atoms. The first-order valence-corrected chi connectivity index (χ1v) is 5.87. The van der Waals surface area contributed by atoms with E-state index < -0.39 is 0 Å². The first-order valence-electron chi connectivity index (χ1n) is 5.87. The van der Waals surface area contributed by atoms with Crippen LogP contribution < -0.4 is 5.32 Å². The minimum atomic E-state index is -0.351. The zero-order valence-electron chi connectivity index (χ0n) is 10.2. The van der Waals surface area contributed by atoms with Crippen molar-refractivity contribution in [1.82, 2.24) is 10.2 Å². The number of nitrogens with zero attached hydrogens (tertiary/aromatic N) is 1. The standard InChI is InChI=1S/C13H17FN2O/c1-9-5-11(7-12(14)6-9)13(17)16-4-3-15-8-10(16)2/h5-7,10,15H,3-4,8H2,1-2H3. The number of aryl methyl sites for hydroxylation is 1. The Morgan fingerprint density at radius 2 is 2.24 bits per heavy atom. The molecule has 92 valence electrons. The molecular weight excluding hydrogens is 219 g/mol. The summed E-state index contributed by atoms with van der Waals surface area (Å²) in [6.07, 6.45) is 0. The lowest BCUT2D eigenvalue weighted by Gasteiger charge is -2.34. The Kier molecular flexibility index (Phi) is 3.43. The van der Waals surface area contributed by atoms with Crippen molar-refractivity contribution in [3.05, 3.63) is 35.1 Å². The van der Waals surface area contributed by atoms with Crippen LogP contribution in [-0.4, -0.2) is 36.5 Å². The highest BCUT2D eigenvalue weighted by atomic mass is 19.1. The van der Waals surface area contributed by atoms with Crippen molar-refractivity contribution in [3.63, 3.8) is 0 Å². The van der Waals surface area contributed by atoms with Gasteiger partial charge in [-0.15, -0.1) is 0 Å². The summed E-state index contributed by atoms with van der Waals surface area (Å²) in [5.74, 6) is -0.433. The minimum Gasteiger partial charge on any atom is -0.333 e. The molecule has 1 aliphatic rings. The number of nitrogens with one attached hydrogen (secondary N) is 1. The van der Waals surface area contributed by atoms with E-state index in [4.69, 9.17) is 0 Å². The highest BCUT2D eigenvalue weighted by Crippen LogP contribution is 2.13. The van der Waals surface area contributed by atoms with Gasteiger partial charge in [0.1, 0.15) is 5.82 Å². The lowest BCUT2D eigenvalue weighted by molar-refractivity contribution is 0.0655. The molecule has 17 heavy (non-hydrogen) atoms. The second-order valence-electron chi connectivity index (χ2n) is 4.57. The molecule has 2 rings (SSSR count). The number of benzene rings is 1. The first-order chi connectivity index (χ1) is 8.08. The molecule has 4 heteroatoms. The Balaban J connectivity index is 2.23. The molecule has 1 unspecified atom stereocenters. The van der Waals surface area contributed by atoms with E-state index in [2.05, 4.69) is 5.32 Å². The molecule has 1 heterocycles. The Bertz CT molecular complexity index is 413. The van der Waals surface area contributed by atoms with Crippen molar-refractivity contribution in [2.45, 2.75) is 19.9 Å². The average molecular weight is 236 g/mol. The molecule has 0 saturated carbocycles. The van der Waals surface area contributed by atoms with Crippen LogP contribution in [0.5, 0.6) is 0 Å². The van der Waals surface area contributed by atoms with Crippen LogP contribution in [0.15, 0.2) is 18.2 Å². The van der Waals surface area contributed by atoms with Crippen molar-refractivity contribution < 1.29 is 9.18 Å². The third-order valence-corrected chi connectivity index (χ3v) is 3.05. The molecule has 1 aliphatic heterocycles. The summed E-state index contributed by atoms with van der Waals surface area (Å²) >= 11 is 0. The van der Waals surface area contributed by atoms with Crippen molar-refractivity contribution >= 4 is 5.91 Å². The van der Waals surface area contributed by atoms with Crippen LogP contribution in [0.4, 0.5) is 4.39 Å². The van der Waals surface area contributed by atoms with Crippen molar-refractivity contribution in [2.24, 2.45) is 0 Å². The predicted molar refractivity (Wildman–Crippen MR) is 64.5 cm³/mol. The molecular formula is C13H17FN2O. The summed E-state index contributed by atoms with van der Waals surface area (Å²) in [6, 6.07) is 4.63. The molecule has 0 radical (unpaired) electrons. The number of piperazine rings is 1. The van der Waals surface area contributed by atoms with Crippen LogP contribution in [0.1, 0.15) is 22.8 Å². The zero-order valence-corrected chi connectivity index (χ0v) is 10.2. The Labute approximate surface area is 101 Å². The largest absolute Gasteiger partial charge is 0.333 e. The topological polar surface area (TPSA) is 32.3 Å². The Hall–Kier alpha value is -1.42. The molecule has 1 aromatic carbocycles. The SMILES string of the molecule is Cc1cc(F)cc(C(=O)N2CCNCC2C)c1. The normalized spacial score (nSPS) is 20.4. The minimum absolute atomic E-state index is 0.0819. The number of hydrogen-bond donors (Lipinski definition) is 1. The van der Waals surface area contributed by atoms with E-state index in [1.54, 1.807) is 17.9 Å². The van der Waals surface area contributed by atoms with Gasteiger partial charge in [0.05, 0.1) is 0 Å². The Morgan fingerprint density at radius 3 is 2.88 bits per heavy atom. The highest BCUT2D eigenvalue weighted by Gasteiger charge is 2.24. The van der Waals surface area contributed by atoms with Gasteiger partial charge in [-0.1, -0.05) is 0 Å². The van der Waals surface area contributed by atoms with Crippen LogP contribution in [-0.2, 0) is 0 Å². The molecule has 1 amide bonds. The molecule has 1 N–H and O–H groups in total. The van der Waals surface area contributed by atoms with Gasteiger partial charge in [0.2, 0.25) is 0 Å². The van der Waals surface area contributed by atoms with E-state index in [0.717, 1.165) is 18.7 Å². The third kappa shape index (κ3) is 2.64. The monoisotopic (exact) mass is 236 g/mol. The second-order valence-corrected chi connectivity index (χ2v) is 4.57. The van der Waals surface area contributed by atoms with Crippen molar-refractivity contribution in [3.8, 4) is 0 Å². The molecule has 1 fully saturated rings. The van der Waals surface area contributed by atoms with Gasteiger partial charge in [-0.25, -0.2) is 4.39 Å². The summed E-state index contributed by atoms with van der Waals surface area (Å²) in [6.45, 7) is 6.05. The van der Waals surface area contributed by atoms with E-state index >= 15 is 0 Å². The maximum Gasteiger partial charge on any atom is 0.254 e. The summed E-state index contributed by atoms with van der Waals surface area (Å²) < 4.78 is 13.3. The van der Waals surface area contributed by atoms with Crippen LogP contribution in [0.25, 0.3) is 0 Å². The molecule has 3 nitrogen and oxygen atoms in total. The van der Waals surface area contributed by atoms with E-state index in [-0.39, 0.29) is 17.8 Å². The number of hydrogen-bond acceptors (Lipinski definition) is 2. The number of amides is 1. The van der Waals surface area contributed by atoms with Gasteiger partial charge in [0.25, 0.3) is 5.91 Å². The summed E-state index contributed by atoms with van der Waals surface area (Å²) in [7, 11) is 0. The highest BCUT2D eigenvalue weighted by molar-refractivity contribution is 5.94. The summed E-state index contributed by atoms with van der Waals surface area (Å²) in [5, 5.41) is 3.23. The smallest absolute Gasteiger partial charge is 0.254 e. The molecule has 0 aliphatic carbocycles. The lowest BCUT2D eigenvalue weighted by atomic mass is 10.1. The molecule has 0 spiro atoms. The number of halogens is 1. The van der Waals surface area contributed by atoms with E-state index in [1.165, 1.54) is 12.1 Å². The van der Waals surface area contributed by atoms with Crippen LogP contribution in [0.2, 0.25) is 0 Å². The predicted octanol–water partition coefficient (Wildman–Crippen LogP) is 1.57. The Morgan fingerprint density at radius 1 is 1.47 bits per heavy atom. The zero-order chi connectivity index (χ0) is 12.4. The van der Waals surface area contributed by atoms with Crippen molar-refractivity contribution in [1.29, 1.82) is 0 Å². The maximum atomic E-state index is 13.3. The summed E-state index contributed by atoms with van der Waals surface area (Å²) in [4.78, 5) is 14.0. The molecule has 1 aromatic rings. The number of rotatable bonds is 1. The van der Waals surface area contributed by atoms with Crippen LogP contribution in [0.3, 0.4) is 0 Å². The van der Waals surface area contributed by atoms with E-state index in [9.17, 15) is 9.18 Å². The van der Waals surface area contributed by atoms with Gasteiger partial charge in [0, 0.05) is 31.2 Å². The molecule has 1 saturated heterocycles. The fourth-order valence-electron chi connectivity index (χ4n) is 2.17. The fourth-order valence-corrected chi connectivity index (χ4v) is 2.17. The van der Waals surface area contributed by atoms with Gasteiger partial charge >= 0.3 is 0 Å². The fraction of sp³-hybridized carbons (Fsp3) is 0.462. The van der Waals surface area contributed by atoms with Crippen molar-refractivity contribution in [2.75, 3.05) is 19.6 Å². The number of carbonyl (C=O) groups excluding carboxylic acids is 1. The van der Waals surface area contributed by atoms with Gasteiger partial charge in [-0.3, -0.25) is 4.79 Å². The quantitative estimate of drug-likeness (QED) is 0.802. The molecule has 1 atom stereocenters. The third-order valence-electron chi connectivity index (χ3n) is 3.05. The number of carbonyl (C=O) groups is 1. The molecule has 0 aromatic heterocycles. The van der Waals surface area contributed by atoms with Crippen LogP contribution >= 0.6 is 0 Å². The summed E-state index contributed by atoms with van der Waals surface area (Å²) in [5.41, 5.74) is 1.22. The van der Waals surface area contributed by atoms with Crippen LogP contribution in [0, 0.1) is 12.7 Å². The first kappa shape index (κ1) is 12.0. The maximum absolute atomic E-state index is 13.3. The van der Waals surface area contributed by atoms with E-state index in [0.29, 0.717) is 12.1 Å². The van der Waals surface area contributed by atoms with E-state index in [1.807, 2.05) is 6.92 Å². The van der Waals surface area contributed by atoms with Gasteiger partial charge in [-0.2, -0.15) is 0 Å². The second kappa shape index (κ2) is 4.84. The van der Waals surface area contributed by atoms with Gasteiger partial charge in [-0.05, 0) is 37.6 Å². The lowest BCUT2D eigenvalue weighted by Crippen LogP contribution is -2.52. The van der Waals surface area contributed by atoms with Gasteiger partial charge in [0.15, 0.2) is 0 Å².